The van der Waals surface area contributed by atoms with Crippen LogP contribution < -0.4 is 10.1 Å². The molecule has 196 valence electrons. The van der Waals surface area contributed by atoms with Crippen LogP contribution in [0.5, 0.6) is 5.75 Å². The maximum absolute atomic E-state index is 13.7. The van der Waals surface area contributed by atoms with Crippen LogP contribution >= 0.6 is 11.3 Å². The predicted molar refractivity (Wildman–Crippen MR) is 146 cm³/mol. The number of urea groups is 1. The van der Waals surface area contributed by atoms with Crippen LogP contribution in [-0.4, -0.2) is 48.0 Å². The van der Waals surface area contributed by atoms with Crippen molar-refractivity contribution in [2.75, 3.05) is 31.6 Å². The van der Waals surface area contributed by atoms with Gasteiger partial charge in [0.15, 0.2) is 0 Å². The molecule has 2 heterocycles. The van der Waals surface area contributed by atoms with E-state index >= 15 is 0 Å². The van der Waals surface area contributed by atoms with Crippen molar-refractivity contribution in [3.63, 3.8) is 0 Å². The minimum Gasteiger partial charge on any atom is -0.491 e. The summed E-state index contributed by atoms with van der Waals surface area (Å²) in [6.45, 7) is 7.33. The number of aryl methyl sites for hydroxylation is 1. The molecule has 1 N–H and O–H groups in total. The maximum Gasteiger partial charge on any atom is 0.322 e. The number of amides is 3. The zero-order chi connectivity index (χ0) is 26.4. The van der Waals surface area contributed by atoms with E-state index in [9.17, 15) is 14.0 Å². The summed E-state index contributed by atoms with van der Waals surface area (Å²) in [5.74, 6) is 0.164. The van der Waals surface area contributed by atoms with Crippen molar-refractivity contribution in [2.24, 2.45) is 5.92 Å². The largest absolute Gasteiger partial charge is 0.491 e. The molecule has 1 aliphatic rings. The van der Waals surface area contributed by atoms with Crippen LogP contribution in [-0.2, 0) is 11.2 Å². The Morgan fingerprint density at radius 3 is 2.73 bits per heavy atom. The third-order valence-corrected chi connectivity index (χ3v) is 7.76. The number of carbonyl (C=O) groups is 2. The molecule has 0 bridgehead atoms. The Balaban J connectivity index is 1.50. The summed E-state index contributed by atoms with van der Waals surface area (Å²) in [7, 11) is 0. The van der Waals surface area contributed by atoms with E-state index in [0.717, 1.165) is 24.0 Å². The van der Waals surface area contributed by atoms with Gasteiger partial charge < -0.3 is 19.9 Å². The maximum atomic E-state index is 13.7. The second-order valence-corrected chi connectivity index (χ2v) is 10.6. The van der Waals surface area contributed by atoms with Crippen molar-refractivity contribution in [1.29, 1.82) is 0 Å². The Bertz CT molecular complexity index is 1210. The van der Waals surface area contributed by atoms with Crippen molar-refractivity contribution < 1.29 is 18.7 Å². The lowest BCUT2D eigenvalue weighted by atomic mass is 10.00. The number of thiophene rings is 1. The number of benzene rings is 2. The molecular weight excluding hydrogens is 489 g/mol. The number of hydrogen-bond donors (Lipinski definition) is 1. The van der Waals surface area contributed by atoms with E-state index in [4.69, 9.17) is 4.74 Å². The van der Waals surface area contributed by atoms with Crippen LogP contribution in [0.4, 0.5) is 14.9 Å². The van der Waals surface area contributed by atoms with Crippen LogP contribution in [0, 0.1) is 18.7 Å². The van der Waals surface area contributed by atoms with E-state index in [2.05, 4.69) is 19.2 Å². The van der Waals surface area contributed by atoms with Gasteiger partial charge >= 0.3 is 6.03 Å². The van der Waals surface area contributed by atoms with Crippen LogP contribution in [0.3, 0.4) is 0 Å². The molecule has 0 saturated carbocycles. The molecule has 2 aromatic carbocycles. The fourth-order valence-electron chi connectivity index (χ4n) is 4.42. The first-order chi connectivity index (χ1) is 17.8. The molecule has 8 heteroatoms. The van der Waals surface area contributed by atoms with Gasteiger partial charge in [0.2, 0.25) is 5.91 Å². The van der Waals surface area contributed by atoms with Crippen molar-refractivity contribution in [2.45, 2.75) is 39.7 Å². The zero-order valence-electron chi connectivity index (χ0n) is 21.6. The standard InChI is InChI=1S/C29H34FN3O3S/c1-4-20(2)17-32(29(35)31-23-10-8-21(3)9-11-23)18-28(34)33-14-12-27-25(13-15-37-27)26(33)19-36-24-7-5-6-22(30)16-24/h5-11,13,15-16,20,26H,4,12,14,17-19H2,1-3H3,(H,31,35). The van der Waals surface area contributed by atoms with Gasteiger partial charge in [-0.1, -0.05) is 44.0 Å². The predicted octanol–water partition coefficient (Wildman–Crippen LogP) is 6.28. The summed E-state index contributed by atoms with van der Waals surface area (Å²) in [4.78, 5) is 31.5. The average molecular weight is 524 g/mol. The fourth-order valence-corrected chi connectivity index (χ4v) is 5.35. The Morgan fingerprint density at radius 1 is 1.22 bits per heavy atom. The zero-order valence-corrected chi connectivity index (χ0v) is 22.4. The molecule has 4 rings (SSSR count). The van der Waals surface area contributed by atoms with Gasteiger partial charge in [-0.05, 0) is 60.5 Å². The van der Waals surface area contributed by atoms with E-state index in [-0.39, 0.29) is 42.9 Å². The van der Waals surface area contributed by atoms with Crippen molar-refractivity contribution in [3.8, 4) is 5.75 Å². The normalized spacial score (nSPS) is 15.6. The van der Waals surface area contributed by atoms with Crippen molar-refractivity contribution in [1.82, 2.24) is 9.80 Å². The molecule has 1 aliphatic heterocycles. The van der Waals surface area contributed by atoms with E-state index < -0.39 is 0 Å². The van der Waals surface area contributed by atoms with Crippen LogP contribution in [0.25, 0.3) is 0 Å². The lowest BCUT2D eigenvalue weighted by molar-refractivity contribution is -0.135. The molecule has 0 fully saturated rings. The van der Waals surface area contributed by atoms with Gasteiger partial charge in [-0.2, -0.15) is 0 Å². The molecule has 3 aromatic rings. The number of nitrogens with zero attached hydrogens (tertiary/aromatic N) is 2. The number of carbonyl (C=O) groups excluding carboxylic acids is 2. The second-order valence-electron chi connectivity index (χ2n) is 9.61. The minimum atomic E-state index is -0.370. The first kappa shape index (κ1) is 26.7. The molecule has 0 spiro atoms. The Hall–Kier alpha value is -3.39. The first-order valence-electron chi connectivity index (χ1n) is 12.7. The molecule has 0 saturated heterocycles. The molecule has 2 atom stereocenters. The molecule has 2 unspecified atom stereocenters. The molecule has 6 nitrogen and oxygen atoms in total. The Kier molecular flexibility index (Phi) is 8.82. The number of ether oxygens (including phenoxy) is 1. The van der Waals surface area contributed by atoms with Crippen LogP contribution in [0.15, 0.2) is 60.0 Å². The van der Waals surface area contributed by atoms with Gasteiger partial charge in [0, 0.05) is 29.7 Å². The second kappa shape index (κ2) is 12.2. The molecule has 0 aliphatic carbocycles. The number of fused-ring (bicyclic) bond motifs is 1. The summed E-state index contributed by atoms with van der Waals surface area (Å²) in [6, 6.07) is 15.0. The Labute approximate surface area is 222 Å². The number of halogens is 1. The summed E-state index contributed by atoms with van der Waals surface area (Å²) >= 11 is 1.67. The van der Waals surface area contributed by atoms with Gasteiger partial charge in [0.25, 0.3) is 0 Å². The SMILES string of the molecule is CCC(C)CN(CC(=O)N1CCc2sccc2C1COc1cccc(F)c1)C(=O)Nc1ccc(C)cc1. The van der Waals surface area contributed by atoms with Crippen LogP contribution in [0.2, 0.25) is 0 Å². The summed E-state index contributed by atoms with van der Waals surface area (Å²) in [5, 5.41) is 4.97. The van der Waals surface area contributed by atoms with E-state index in [1.54, 1.807) is 33.3 Å². The fraction of sp³-hybridized carbons (Fsp3) is 0.379. The highest BCUT2D eigenvalue weighted by Crippen LogP contribution is 2.34. The summed E-state index contributed by atoms with van der Waals surface area (Å²) < 4.78 is 19.6. The molecule has 1 aromatic heterocycles. The topological polar surface area (TPSA) is 61.9 Å². The number of nitrogens with one attached hydrogen (secondary N) is 1. The molecule has 37 heavy (non-hydrogen) atoms. The van der Waals surface area contributed by atoms with E-state index in [1.165, 1.54) is 17.0 Å². The number of anilines is 1. The molecule has 3 amide bonds. The monoisotopic (exact) mass is 523 g/mol. The quantitative estimate of drug-likeness (QED) is 0.359. The van der Waals surface area contributed by atoms with Gasteiger partial charge in [-0.15, -0.1) is 11.3 Å². The van der Waals surface area contributed by atoms with Gasteiger partial charge in [-0.3, -0.25) is 4.79 Å². The van der Waals surface area contributed by atoms with E-state index in [0.29, 0.717) is 24.5 Å². The number of rotatable bonds is 9. The molecule has 0 radical (unpaired) electrons. The minimum absolute atomic E-state index is 0.0298. The van der Waals surface area contributed by atoms with Crippen molar-refractivity contribution in [3.05, 3.63) is 81.8 Å². The smallest absolute Gasteiger partial charge is 0.322 e. The highest BCUT2D eigenvalue weighted by Gasteiger charge is 2.33. The third-order valence-electron chi connectivity index (χ3n) is 6.76. The average Bonchev–Trinajstić information content (AvgIpc) is 3.37. The Morgan fingerprint density at radius 2 is 2.00 bits per heavy atom. The van der Waals surface area contributed by atoms with E-state index in [1.807, 2.05) is 42.6 Å². The summed E-state index contributed by atoms with van der Waals surface area (Å²) in [5.41, 5.74) is 2.85. The van der Waals surface area contributed by atoms with Gasteiger partial charge in [-0.25, -0.2) is 9.18 Å². The van der Waals surface area contributed by atoms with Crippen LogP contribution in [0.1, 0.15) is 42.3 Å². The van der Waals surface area contributed by atoms with Gasteiger partial charge in [0.1, 0.15) is 24.7 Å². The lowest BCUT2D eigenvalue weighted by Crippen LogP contribution is -2.49. The highest BCUT2D eigenvalue weighted by molar-refractivity contribution is 7.10. The first-order valence-corrected chi connectivity index (χ1v) is 13.6. The van der Waals surface area contributed by atoms with Crippen molar-refractivity contribution >= 4 is 29.0 Å². The summed E-state index contributed by atoms with van der Waals surface area (Å²) in [6.07, 6.45) is 1.66. The number of hydrogen-bond acceptors (Lipinski definition) is 4. The van der Waals surface area contributed by atoms with Gasteiger partial charge in [0.05, 0.1) is 6.04 Å². The highest BCUT2D eigenvalue weighted by atomic mass is 32.1. The third kappa shape index (κ3) is 6.89. The molecular formula is C29H34FN3O3S. The lowest BCUT2D eigenvalue weighted by Gasteiger charge is -2.37.